The Labute approximate surface area is 149 Å². The van der Waals surface area contributed by atoms with Gasteiger partial charge in [0.05, 0.1) is 18.2 Å². The normalized spacial score (nSPS) is 14.3. The summed E-state index contributed by atoms with van der Waals surface area (Å²) in [4.78, 5) is 19.3. The molecule has 0 fully saturated rings. The Morgan fingerprint density at radius 2 is 1.78 bits per heavy atom. The van der Waals surface area contributed by atoms with Crippen molar-refractivity contribution in [3.63, 3.8) is 0 Å². The van der Waals surface area contributed by atoms with Crippen LogP contribution in [0.5, 0.6) is 0 Å². The molecule has 1 unspecified atom stereocenters. The van der Waals surface area contributed by atoms with Gasteiger partial charge in [0.2, 0.25) is 5.28 Å². The van der Waals surface area contributed by atoms with Crippen molar-refractivity contribution >= 4 is 40.9 Å². The smallest absolute Gasteiger partial charge is 0.408 e. The van der Waals surface area contributed by atoms with Gasteiger partial charge in [-0.15, -0.1) is 0 Å². The Kier molecular flexibility index (Phi) is 7.29. The number of amides is 1. The largest absolute Gasteiger partial charge is 0.444 e. The number of aromatic nitrogens is 2. The molecule has 1 amide bonds. The topological polar surface area (TPSA) is 93.6 Å². The van der Waals surface area contributed by atoms with Crippen LogP contribution in [0.1, 0.15) is 32.4 Å². The highest BCUT2D eigenvalue weighted by molar-refractivity contribution is 6.36. The van der Waals surface area contributed by atoms with Crippen LogP contribution in [-0.2, 0) is 9.47 Å². The van der Waals surface area contributed by atoms with Gasteiger partial charge in [-0.05, 0) is 32.4 Å². The molecule has 7 nitrogen and oxygen atoms in total. The number of halogens is 3. The van der Waals surface area contributed by atoms with Crippen molar-refractivity contribution in [1.82, 2.24) is 15.3 Å². The first-order chi connectivity index (χ1) is 10.5. The maximum atomic E-state index is 11.9. The molecule has 0 aliphatic rings. The average Bonchev–Trinajstić information content (AvgIpc) is 2.34. The highest BCUT2D eigenvalue weighted by atomic mass is 35.5. The number of hydrogen-bond acceptors (Lipinski definition) is 6. The van der Waals surface area contributed by atoms with E-state index in [4.69, 9.17) is 44.3 Å². The van der Waals surface area contributed by atoms with E-state index in [1.165, 1.54) is 7.11 Å². The van der Waals surface area contributed by atoms with Gasteiger partial charge in [-0.25, -0.2) is 14.8 Å². The number of carbonyl (C=O) groups excluding carboxylic acids is 1. The summed E-state index contributed by atoms with van der Waals surface area (Å²) in [6, 6.07) is -0.880. The number of carbonyl (C=O) groups is 1. The molecule has 0 radical (unpaired) electrons. The van der Waals surface area contributed by atoms with Crippen molar-refractivity contribution in [3.8, 4) is 0 Å². The number of aliphatic hydroxyl groups excluding tert-OH is 1. The van der Waals surface area contributed by atoms with Crippen LogP contribution < -0.4 is 5.32 Å². The van der Waals surface area contributed by atoms with Crippen LogP contribution in [0.25, 0.3) is 0 Å². The molecule has 2 N–H and O–H groups in total. The maximum Gasteiger partial charge on any atom is 0.408 e. The summed E-state index contributed by atoms with van der Waals surface area (Å²) in [5, 5.41) is 12.6. The van der Waals surface area contributed by atoms with Gasteiger partial charge in [-0.2, -0.15) is 0 Å². The molecule has 0 aliphatic heterocycles. The molecular formula is C13H18Cl3N3O4. The second-order valence-corrected chi connectivity index (χ2v) is 6.69. The van der Waals surface area contributed by atoms with Gasteiger partial charge in [0.15, 0.2) is 0 Å². The molecule has 0 aromatic carbocycles. The molecule has 1 aromatic heterocycles. The molecule has 130 valence electrons. The quantitative estimate of drug-likeness (QED) is 0.597. The summed E-state index contributed by atoms with van der Waals surface area (Å²) in [7, 11) is 1.41. The van der Waals surface area contributed by atoms with Gasteiger partial charge in [0.1, 0.15) is 22.0 Å². The summed E-state index contributed by atoms with van der Waals surface area (Å²) in [6.07, 6.45) is -2.04. The Morgan fingerprint density at radius 3 is 2.22 bits per heavy atom. The van der Waals surface area contributed by atoms with E-state index in [1.807, 2.05) is 0 Å². The zero-order valence-electron chi connectivity index (χ0n) is 13.1. The van der Waals surface area contributed by atoms with Crippen LogP contribution in [0.15, 0.2) is 0 Å². The average molecular weight is 387 g/mol. The molecule has 2 atom stereocenters. The van der Waals surface area contributed by atoms with E-state index in [0.717, 1.165) is 0 Å². The summed E-state index contributed by atoms with van der Waals surface area (Å²) < 4.78 is 10.1. The monoisotopic (exact) mass is 385 g/mol. The Bertz CT molecular complexity index is 543. The van der Waals surface area contributed by atoms with E-state index in [2.05, 4.69) is 15.3 Å². The van der Waals surface area contributed by atoms with Crippen LogP contribution in [0.3, 0.4) is 0 Å². The van der Waals surface area contributed by atoms with Gasteiger partial charge in [-0.3, -0.25) is 0 Å². The second-order valence-electron chi connectivity index (χ2n) is 5.64. The van der Waals surface area contributed by atoms with E-state index in [0.29, 0.717) is 0 Å². The van der Waals surface area contributed by atoms with Crippen molar-refractivity contribution in [1.29, 1.82) is 0 Å². The second kappa shape index (κ2) is 8.30. The maximum absolute atomic E-state index is 11.9. The van der Waals surface area contributed by atoms with E-state index in [1.54, 1.807) is 20.8 Å². The number of rotatable bonds is 5. The lowest BCUT2D eigenvalue weighted by Gasteiger charge is -2.26. The van der Waals surface area contributed by atoms with Crippen LogP contribution in [0.4, 0.5) is 4.79 Å². The third-order valence-electron chi connectivity index (χ3n) is 2.55. The predicted octanol–water partition coefficient (Wildman–Crippen LogP) is 3.01. The van der Waals surface area contributed by atoms with Crippen molar-refractivity contribution in [2.45, 2.75) is 38.5 Å². The summed E-state index contributed by atoms with van der Waals surface area (Å²) >= 11 is 17.5. The molecular weight excluding hydrogens is 369 g/mol. The van der Waals surface area contributed by atoms with E-state index >= 15 is 0 Å². The standard InChI is InChI=1S/C13H18Cl3N3O4/c1-13(2,3)23-12(21)17-6(5-22-4)8(20)7-9(14)18-11(16)19-10(7)15/h6,8,20H,5H2,1-4H3,(H,17,21)/t6-,8?/m1/s1. The molecule has 0 spiro atoms. The zero-order valence-corrected chi connectivity index (χ0v) is 15.3. The van der Waals surface area contributed by atoms with Crippen LogP contribution >= 0.6 is 34.8 Å². The minimum Gasteiger partial charge on any atom is -0.444 e. The van der Waals surface area contributed by atoms with Gasteiger partial charge >= 0.3 is 6.09 Å². The predicted molar refractivity (Wildman–Crippen MR) is 87.1 cm³/mol. The van der Waals surface area contributed by atoms with Crippen molar-refractivity contribution in [2.75, 3.05) is 13.7 Å². The number of methoxy groups -OCH3 is 1. The van der Waals surface area contributed by atoms with E-state index in [9.17, 15) is 9.90 Å². The lowest BCUT2D eigenvalue weighted by atomic mass is 10.1. The molecule has 1 heterocycles. The van der Waals surface area contributed by atoms with Crippen molar-refractivity contribution in [2.24, 2.45) is 0 Å². The number of alkyl carbamates (subject to hydrolysis) is 1. The lowest BCUT2D eigenvalue weighted by molar-refractivity contribution is 0.0300. The minimum absolute atomic E-state index is 0.0182. The van der Waals surface area contributed by atoms with Gasteiger partial charge in [0, 0.05) is 7.11 Å². The molecule has 0 saturated carbocycles. The molecule has 0 saturated heterocycles. The number of ether oxygens (including phenoxy) is 2. The minimum atomic E-state index is -1.32. The number of nitrogens with zero attached hydrogens (tertiary/aromatic N) is 2. The summed E-state index contributed by atoms with van der Waals surface area (Å²) in [6.45, 7) is 5.13. The number of nitrogens with one attached hydrogen (secondary N) is 1. The zero-order chi connectivity index (χ0) is 17.8. The lowest BCUT2D eigenvalue weighted by Crippen LogP contribution is -2.45. The van der Waals surface area contributed by atoms with E-state index < -0.39 is 23.8 Å². The van der Waals surface area contributed by atoms with Crippen LogP contribution in [0, 0.1) is 0 Å². The molecule has 1 aromatic rings. The molecule has 1 rings (SSSR count). The first-order valence-electron chi connectivity index (χ1n) is 6.60. The Balaban J connectivity index is 2.99. The number of hydrogen-bond donors (Lipinski definition) is 2. The molecule has 0 bridgehead atoms. The fourth-order valence-corrected chi connectivity index (χ4v) is 2.55. The van der Waals surface area contributed by atoms with Gasteiger partial charge in [-0.1, -0.05) is 23.2 Å². The highest BCUT2D eigenvalue weighted by Gasteiger charge is 2.30. The fraction of sp³-hybridized carbons (Fsp3) is 0.615. The van der Waals surface area contributed by atoms with Gasteiger partial charge < -0.3 is 19.9 Å². The number of aliphatic hydroxyl groups is 1. The van der Waals surface area contributed by atoms with Crippen LogP contribution in [-0.4, -0.2) is 46.5 Å². The summed E-state index contributed by atoms with van der Waals surface area (Å²) in [5.41, 5.74) is -0.651. The van der Waals surface area contributed by atoms with Gasteiger partial charge in [0.25, 0.3) is 0 Å². The first-order valence-corrected chi connectivity index (χ1v) is 7.73. The first kappa shape index (κ1) is 20.2. The highest BCUT2D eigenvalue weighted by Crippen LogP contribution is 2.31. The molecule has 23 heavy (non-hydrogen) atoms. The molecule has 10 heteroatoms. The van der Waals surface area contributed by atoms with Crippen LogP contribution in [0.2, 0.25) is 15.6 Å². The van der Waals surface area contributed by atoms with Crippen molar-refractivity contribution < 1.29 is 19.4 Å². The Hall–Kier alpha value is -0.860. The Morgan fingerprint density at radius 1 is 1.26 bits per heavy atom. The molecule has 0 aliphatic carbocycles. The van der Waals surface area contributed by atoms with E-state index in [-0.39, 0.29) is 27.8 Å². The fourth-order valence-electron chi connectivity index (χ4n) is 1.69. The summed E-state index contributed by atoms with van der Waals surface area (Å²) in [5.74, 6) is 0. The third-order valence-corrected chi connectivity index (χ3v) is 3.30. The van der Waals surface area contributed by atoms with Crippen molar-refractivity contribution in [3.05, 3.63) is 21.2 Å². The SMILES string of the molecule is COC[C@@H](NC(=O)OC(C)(C)C)C(O)c1c(Cl)nc(Cl)nc1Cl. The third kappa shape index (κ3) is 6.27.